The average Bonchev–Trinajstić information content (AvgIpc) is 2.10. The lowest BCUT2D eigenvalue weighted by atomic mass is 10.3. The average molecular weight is 226 g/mol. The van der Waals surface area contributed by atoms with Crippen molar-refractivity contribution >= 4 is 28.3 Å². The van der Waals surface area contributed by atoms with E-state index in [-0.39, 0.29) is 11.2 Å². The van der Waals surface area contributed by atoms with Gasteiger partial charge in [-0.25, -0.2) is 0 Å². The Morgan fingerprint density at radius 3 is 2.69 bits per heavy atom. The molecule has 78 valence electrons. The van der Waals surface area contributed by atoms with E-state index in [0.29, 0.717) is 25.3 Å². The van der Waals surface area contributed by atoms with Gasteiger partial charge in [-0.1, -0.05) is 0 Å². The maximum Gasteiger partial charge on any atom is 0.220 e. The molecule has 3 nitrogen and oxygen atoms in total. The normalized spacial score (nSPS) is 15.0. The zero-order valence-electron chi connectivity index (χ0n) is 8.01. The largest absolute Gasteiger partial charge is 0.355 e. The summed E-state index contributed by atoms with van der Waals surface area (Å²) in [5.41, 5.74) is 0. The first-order valence-electron chi connectivity index (χ1n) is 4.22. The second kappa shape index (κ2) is 7.33. The third kappa shape index (κ3) is 7.02. The Bertz CT molecular complexity index is 187. The molecule has 0 aliphatic heterocycles. The Hall–Kier alpha value is -0.0900. The molecule has 2 atom stereocenters. The highest BCUT2D eigenvalue weighted by Gasteiger charge is 2.07. The molecular weight excluding hydrogens is 210 g/mol. The molecule has 0 heterocycles. The predicted molar refractivity (Wildman–Crippen MR) is 56.5 cm³/mol. The van der Waals surface area contributed by atoms with E-state index in [9.17, 15) is 9.00 Å². The van der Waals surface area contributed by atoms with Crippen molar-refractivity contribution in [1.82, 2.24) is 5.32 Å². The number of halogens is 1. The molecule has 0 saturated carbocycles. The summed E-state index contributed by atoms with van der Waals surface area (Å²) >= 11 is 5.43. The van der Waals surface area contributed by atoms with Gasteiger partial charge >= 0.3 is 0 Å². The van der Waals surface area contributed by atoms with E-state index < -0.39 is 10.8 Å². The number of carbonyl (C=O) groups excluding carboxylic acids is 1. The standard InChI is InChI=1S/C8H16ClNO2S/c1-7(13(2)12)6-10-8(11)4-3-5-9/h7H,3-6H2,1-2H3,(H,10,11). The zero-order valence-corrected chi connectivity index (χ0v) is 9.58. The summed E-state index contributed by atoms with van der Waals surface area (Å²) in [5, 5.41) is 2.72. The smallest absolute Gasteiger partial charge is 0.220 e. The molecule has 0 aromatic rings. The summed E-state index contributed by atoms with van der Waals surface area (Å²) in [5.74, 6) is 0.487. The van der Waals surface area contributed by atoms with Gasteiger partial charge in [0.15, 0.2) is 0 Å². The lowest BCUT2D eigenvalue weighted by molar-refractivity contribution is -0.121. The first-order chi connectivity index (χ1) is 6.07. The lowest BCUT2D eigenvalue weighted by Crippen LogP contribution is -2.32. The third-order valence-electron chi connectivity index (χ3n) is 1.69. The van der Waals surface area contributed by atoms with Gasteiger partial charge in [0.05, 0.1) is 0 Å². The van der Waals surface area contributed by atoms with E-state index in [1.807, 2.05) is 6.92 Å². The van der Waals surface area contributed by atoms with Crippen LogP contribution in [-0.2, 0) is 15.6 Å². The second-order valence-electron chi connectivity index (χ2n) is 2.91. The minimum Gasteiger partial charge on any atom is -0.355 e. The SMILES string of the molecule is CC(CNC(=O)CCCCl)S(C)=O. The molecule has 13 heavy (non-hydrogen) atoms. The number of carbonyl (C=O) groups is 1. The van der Waals surface area contributed by atoms with Crippen LogP contribution < -0.4 is 5.32 Å². The number of alkyl halides is 1. The summed E-state index contributed by atoms with van der Waals surface area (Å²) in [7, 11) is -0.873. The van der Waals surface area contributed by atoms with Crippen LogP contribution in [-0.4, -0.2) is 34.0 Å². The fourth-order valence-corrected chi connectivity index (χ4v) is 1.14. The first kappa shape index (κ1) is 12.9. The maximum atomic E-state index is 11.1. The third-order valence-corrected chi connectivity index (χ3v) is 3.26. The maximum absolute atomic E-state index is 11.1. The minimum atomic E-state index is -0.873. The summed E-state index contributed by atoms with van der Waals surface area (Å²) in [6.07, 6.45) is 2.78. The number of rotatable bonds is 6. The molecule has 0 aliphatic rings. The van der Waals surface area contributed by atoms with Gasteiger partial charge in [0.2, 0.25) is 5.91 Å². The molecular formula is C8H16ClNO2S. The Balaban J connectivity index is 3.52. The zero-order chi connectivity index (χ0) is 10.3. The van der Waals surface area contributed by atoms with Crippen LogP contribution in [0.5, 0.6) is 0 Å². The van der Waals surface area contributed by atoms with Gasteiger partial charge in [0, 0.05) is 41.2 Å². The van der Waals surface area contributed by atoms with Crippen molar-refractivity contribution in [3.8, 4) is 0 Å². The summed E-state index contributed by atoms with van der Waals surface area (Å²) < 4.78 is 10.9. The Labute approximate surface area is 86.7 Å². The molecule has 5 heteroatoms. The van der Waals surface area contributed by atoms with Crippen LogP contribution in [0.3, 0.4) is 0 Å². The van der Waals surface area contributed by atoms with Gasteiger partial charge in [-0.2, -0.15) is 0 Å². The number of nitrogens with one attached hydrogen (secondary N) is 1. The molecule has 0 aliphatic carbocycles. The molecule has 2 unspecified atom stereocenters. The van der Waals surface area contributed by atoms with E-state index in [4.69, 9.17) is 11.6 Å². The quantitative estimate of drug-likeness (QED) is 0.683. The van der Waals surface area contributed by atoms with E-state index in [1.54, 1.807) is 6.26 Å². The predicted octanol–water partition coefficient (Wildman–Crippen LogP) is 0.889. The summed E-state index contributed by atoms with van der Waals surface area (Å²) in [6.45, 7) is 2.32. The molecule has 0 aromatic carbocycles. The van der Waals surface area contributed by atoms with Crippen molar-refractivity contribution in [1.29, 1.82) is 0 Å². The fourth-order valence-electron chi connectivity index (χ4n) is 0.691. The van der Waals surface area contributed by atoms with Crippen molar-refractivity contribution in [3.63, 3.8) is 0 Å². The highest BCUT2D eigenvalue weighted by atomic mass is 35.5. The fraction of sp³-hybridized carbons (Fsp3) is 0.875. The number of amides is 1. The van der Waals surface area contributed by atoms with Gasteiger partial charge < -0.3 is 5.32 Å². The summed E-state index contributed by atoms with van der Waals surface area (Å²) in [4.78, 5) is 11.1. The van der Waals surface area contributed by atoms with Gasteiger partial charge in [0.25, 0.3) is 0 Å². The van der Waals surface area contributed by atoms with Crippen molar-refractivity contribution in [2.75, 3.05) is 18.7 Å². The van der Waals surface area contributed by atoms with Crippen LogP contribution in [0.2, 0.25) is 0 Å². The lowest BCUT2D eigenvalue weighted by Gasteiger charge is -2.09. The highest BCUT2D eigenvalue weighted by molar-refractivity contribution is 7.84. The van der Waals surface area contributed by atoms with Crippen molar-refractivity contribution in [2.24, 2.45) is 0 Å². The van der Waals surface area contributed by atoms with Crippen LogP contribution in [0, 0.1) is 0 Å². The van der Waals surface area contributed by atoms with Crippen molar-refractivity contribution < 1.29 is 9.00 Å². The Morgan fingerprint density at radius 2 is 2.23 bits per heavy atom. The first-order valence-corrected chi connectivity index (χ1v) is 6.38. The van der Waals surface area contributed by atoms with Crippen molar-refractivity contribution in [3.05, 3.63) is 0 Å². The number of hydrogen-bond donors (Lipinski definition) is 1. The molecule has 0 saturated heterocycles. The van der Waals surface area contributed by atoms with E-state index in [0.717, 1.165) is 0 Å². The van der Waals surface area contributed by atoms with Crippen LogP contribution in [0.1, 0.15) is 19.8 Å². The van der Waals surface area contributed by atoms with E-state index in [1.165, 1.54) is 0 Å². The van der Waals surface area contributed by atoms with E-state index >= 15 is 0 Å². The van der Waals surface area contributed by atoms with Crippen LogP contribution in [0.15, 0.2) is 0 Å². The van der Waals surface area contributed by atoms with Crippen molar-refractivity contribution in [2.45, 2.75) is 25.0 Å². The van der Waals surface area contributed by atoms with Gasteiger partial charge in [-0.05, 0) is 13.3 Å². The Kier molecular flexibility index (Phi) is 7.28. The van der Waals surface area contributed by atoms with Crippen LogP contribution >= 0.6 is 11.6 Å². The van der Waals surface area contributed by atoms with Crippen LogP contribution in [0.25, 0.3) is 0 Å². The van der Waals surface area contributed by atoms with Gasteiger partial charge in [-0.15, -0.1) is 11.6 Å². The topological polar surface area (TPSA) is 46.2 Å². The molecule has 1 amide bonds. The summed E-state index contributed by atoms with van der Waals surface area (Å²) in [6, 6.07) is 0. The van der Waals surface area contributed by atoms with E-state index in [2.05, 4.69) is 5.32 Å². The molecule has 0 rings (SSSR count). The minimum absolute atomic E-state index is 0.0138. The molecule has 0 aromatic heterocycles. The molecule has 0 radical (unpaired) electrons. The highest BCUT2D eigenvalue weighted by Crippen LogP contribution is 1.93. The molecule has 1 N–H and O–H groups in total. The molecule has 0 fully saturated rings. The monoisotopic (exact) mass is 225 g/mol. The van der Waals surface area contributed by atoms with Crippen LogP contribution in [0.4, 0.5) is 0 Å². The Morgan fingerprint density at radius 1 is 1.62 bits per heavy atom. The molecule has 0 spiro atoms. The molecule has 0 bridgehead atoms. The van der Waals surface area contributed by atoms with Gasteiger partial charge in [0.1, 0.15) is 0 Å². The van der Waals surface area contributed by atoms with Gasteiger partial charge in [-0.3, -0.25) is 9.00 Å². The second-order valence-corrected chi connectivity index (χ2v) is 5.09. The number of hydrogen-bond acceptors (Lipinski definition) is 2.